The van der Waals surface area contributed by atoms with Gasteiger partial charge in [0, 0.05) is 18.2 Å². The van der Waals surface area contributed by atoms with Gasteiger partial charge in [0.15, 0.2) is 5.76 Å². The second-order valence-electron chi connectivity index (χ2n) is 4.60. The first-order valence-corrected chi connectivity index (χ1v) is 8.34. The highest BCUT2D eigenvalue weighted by molar-refractivity contribution is 7.89. The van der Waals surface area contributed by atoms with E-state index in [2.05, 4.69) is 15.2 Å². The van der Waals surface area contributed by atoms with Crippen LogP contribution in [0.1, 0.15) is 5.69 Å². The number of hydrogen-bond acceptors (Lipinski definition) is 5. The van der Waals surface area contributed by atoms with Crippen LogP contribution in [-0.4, -0.2) is 38.8 Å². The van der Waals surface area contributed by atoms with Crippen LogP contribution < -0.4 is 10.0 Å². The Balaban J connectivity index is 1.87. The zero-order valence-electron chi connectivity index (χ0n) is 12.1. The van der Waals surface area contributed by atoms with Crippen molar-refractivity contribution in [1.82, 2.24) is 15.2 Å². The molecular formula is C14H17N3O4S. The van der Waals surface area contributed by atoms with Crippen LogP contribution in [0.2, 0.25) is 0 Å². The Kier molecular flexibility index (Phi) is 5.29. The van der Waals surface area contributed by atoms with Gasteiger partial charge in [0.1, 0.15) is 0 Å². The van der Waals surface area contributed by atoms with Gasteiger partial charge in [-0.3, -0.25) is 4.79 Å². The van der Waals surface area contributed by atoms with Crippen molar-refractivity contribution in [2.75, 3.05) is 19.3 Å². The zero-order valence-corrected chi connectivity index (χ0v) is 12.9. The normalized spacial score (nSPS) is 11.3. The molecule has 0 bridgehead atoms. The third-order valence-electron chi connectivity index (χ3n) is 2.96. The maximum Gasteiger partial charge on any atom is 0.226 e. The number of sulfonamides is 1. The average molecular weight is 323 g/mol. The molecule has 0 saturated carbocycles. The van der Waals surface area contributed by atoms with Crippen molar-refractivity contribution in [3.8, 4) is 11.3 Å². The first-order valence-electron chi connectivity index (χ1n) is 6.69. The van der Waals surface area contributed by atoms with Gasteiger partial charge >= 0.3 is 0 Å². The number of rotatable bonds is 7. The number of amides is 1. The van der Waals surface area contributed by atoms with Crippen LogP contribution in [0.5, 0.6) is 0 Å². The number of nitrogens with zero attached hydrogens (tertiary/aromatic N) is 1. The van der Waals surface area contributed by atoms with Crippen LogP contribution >= 0.6 is 0 Å². The second-order valence-corrected chi connectivity index (χ2v) is 6.64. The molecule has 0 fully saturated rings. The molecule has 0 aliphatic rings. The number of benzene rings is 1. The number of hydrogen-bond donors (Lipinski definition) is 2. The predicted octanol–water partition coefficient (Wildman–Crippen LogP) is 0.549. The quantitative estimate of drug-likeness (QED) is 0.775. The molecule has 118 valence electrons. The molecule has 0 saturated heterocycles. The molecule has 2 rings (SSSR count). The van der Waals surface area contributed by atoms with Crippen LogP contribution in [0.4, 0.5) is 0 Å². The van der Waals surface area contributed by atoms with Crippen molar-refractivity contribution in [3.05, 3.63) is 42.1 Å². The smallest absolute Gasteiger partial charge is 0.226 e. The van der Waals surface area contributed by atoms with Gasteiger partial charge in [0.25, 0.3) is 0 Å². The van der Waals surface area contributed by atoms with E-state index in [9.17, 15) is 13.2 Å². The summed E-state index contributed by atoms with van der Waals surface area (Å²) in [6.45, 7) is 0.0470. The maximum atomic E-state index is 11.7. The minimum atomic E-state index is -3.32. The van der Waals surface area contributed by atoms with Gasteiger partial charge in [0.2, 0.25) is 15.9 Å². The van der Waals surface area contributed by atoms with Gasteiger partial charge < -0.3 is 9.84 Å². The van der Waals surface area contributed by atoms with E-state index in [1.165, 1.54) is 7.05 Å². The Hall–Kier alpha value is -2.19. The molecule has 1 amide bonds. The summed E-state index contributed by atoms with van der Waals surface area (Å²) in [5, 5.41) is 6.37. The third-order valence-corrected chi connectivity index (χ3v) is 4.33. The first-order chi connectivity index (χ1) is 10.5. The van der Waals surface area contributed by atoms with E-state index >= 15 is 0 Å². The number of carbonyl (C=O) groups excluding carboxylic acids is 1. The molecule has 0 spiro atoms. The van der Waals surface area contributed by atoms with Gasteiger partial charge in [0.05, 0.1) is 17.9 Å². The molecule has 0 radical (unpaired) electrons. The summed E-state index contributed by atoms with van der Waals surface area (Å²) < 4.78 is 29.8. The SMILES string of the molecule is CNS(=O)(=O)CCNC(=O)Cc1cc(-c2ccccc2)on1. The molecule has 8 heteroatoms. The molecule has 22 heavy (non-hydrogen) atoms. The van der Waals surface area contributed by atoms with E-state index in [-0.39, 0.29) is 24.6 Å². The Morgan fingerprint density at radius 3 is 2.68 bits per heavy atom. The van der Waals surface area contributed by atoms with E-state index in [4.69, 9.17) is 4.52 Å². The highest BCUT2D eigenvalue weighted by Gasteiger charge is 2.12. The van der Waals surface area contributed by atoms with Crippen molar-refractivity contribution in [3.63, 3.8) is 0 Å². The fourth-order valence-corrected chi connectivity index (χ4v) is 2.36. The summed E-state index contributed by atoms with van der Waals surface area (Å²) >= 11 is 0. The fraction of sp³-hybridized carbons (Fsp3) is 0.286. The third kappa shape index (κ3) is 4.68. The topological polar surface area (TPSA) is 101 Å². The number of carbonyl (C=O) groups is 1. The van der Waals surface area contributed by atoms with Gasteiger partial charge in [-0.15, -0.1) is 0 Å². The standard InChI is InChI=1S/C14H17N3O4S/c1-15-22(19,20)8-7-16-14(18)10-12-9-13(21-17-12)11-5-3-2-4-6-11/h2-6,9,15H,7-8,10H2,1H3,(H,16,18). The van der Waals surface area contributed by atoms with Gasteiger partial charge in [-0.1, -0.05) is 35.5 Å². The Bertz CT molecular complexity index is 726. The Morgan fingerprint density at radius 2 is 2.00 bits per heavy atom. The zero-order chi connectivity index (χ0) is 16.0. The van der Waals surface area contributed by atoms with Crippen LogP contribution in [0.25, 0.3) is 11.3 Å². The molecule has 0 unspecified atom stereocenters. The average Bonchev–Trinajstić information content (AvgIpc) is 2.96. The van der Waals surface area contributed by atoms with E-state index in [1.54, 1.807) is 6.07 Å². The van der Waals surface area contributed by atoms with Crippen molar-refractivity contribution in [1.29, 1.82) is 0 Å². The van der Waals surface area contributed by atoms with Crippen molar-refractivity contribution in [2.45, 2.75) is 6.42 Å². The van der Waals surface area contributed by atoms with E-state index < -0.39 is 10.0 Å². The molecule has 1 aromatic heterocycles. The summed E-state index contributed by atoms with van der Waals surface area (Å²) in [7, 11) is -1.99. The highest BCUT2D eigenvalue weighted by Crippen LogP contribution is 2.19. The lowest BCUT2D eigenvalue weighted by Crippen LogP contribution is -2.33. The van der Waals surface area contributed by atoms with Gasteiger partial charge in [-0.05, 0) is 7.05 Å². The maximum absolute atomic E-state index is 11.7. The van der Waals surface area contributed by atoms with Gasteiger partial charge in [-0.25, -0.2) is 13.1 Å². The summed E-state index contributed by atoms with van der Waals surface area (Å²) in [4.78, 5) is 11.7. The van der Waals surface area contributed by atoms with Crippen molar-refractivity contribution in [2.24, 2.45) is 0 Å². The van der Waals surface area contributed by atoms with Crippen LogP contribution in [0.3, 0.4) is 0 Å². The molecule has 0 aliphatic heterocycles. The summed E-state index contributed by atoms with van der Waals surface area (Å²) in [6.07, 6.45) is 0.0376. The molecule has 1 aromatic carbocycles. The van der Waals surface area contributed by atoms with Crippen LogP contribution in [0.15, 0.2) is 40.9 Å². The summed E-state index contributed by atoms with van der Waals surface area (Å²) in [5.41, 5.74) is 1.37. The molecule has 2 N–H and O–H groups in total. The number of aromatic nitrogens is 1. The van der Waals surface area contributed by atoms with Crippen molar-refractivity contribution < 1.29 is 17.7 Å². The van der Waals surface area contributed by atoms with E-state index in [0.717, 1.165) is 5.56 Å². The monoisotopic (exact) mass is 323 g/mol. The lowest BCUT2D eigenvalue weighted by Gasteiger charge is -2.04. The fourth-order valence-electron chi connectivity index (χ4n) is 1.79. The first kappa shape index (κ1) is 16.2. The molecule has 1 heterocycles. The summed E-state index contributed by atoms with van der Waals surface area (Å²) in [5.74, 6) is 0.115. The Morgan fingerprint density at radius 1 is 1.27 bits per heavy atom. The largest absolute Gasteiger partial charge is 0.356 e. The number of nitrogens with one attached hydrogen (secondary N) is 2. The second kappa shape index (κ2) is 7.19. The van der Waals surface area contributed by atoms with E-state index in [0.29, 0.717) is 11.5 Å². The Labute approximate surface area is 128 Å². The highest BCUT2D eigenvalue weighted by atomic mass is 32.2. The molecule has 7 nitrogen and oxygen atoms in total. The molecule has 0 atom stereocenters. The van der Waals surface area contributed by atoms with E-state index in [1.807, 2.05) is 30.3 Å². The molecular weight excluding hydrogens is 306 g/mol. The minimum Gasteiger partial charge on any atom is -0.356 e. The van der Waals surface area contributed by atoms with Crippen LogP contribution in [-0.2, 0) is 21.2 Å². The predicted molar refractivity (Wildman–Crippen MR) is 81.5 cm³/mol. The lowest BCUT2D eigenvalue weighted by molar-refractivity contribution is -0.120. The molecule has 0 aliphatic carbocycles. The minimum absolute atomic E-state index is 0.0376. The van der Waals surface area contributed by atoms with Crippen molar-refractivity contribution >= 4 is 15.9 Å². The van der Waals surface area contributed by atoms with Crippen LogP contribution in [0, 0.1) is 0 Å². The molecule has 2 aromatic rings. The lowest BCUT2D eigenvalue weighted by atomic mass is 10.1. The van der Waals surface area contributed by atoms with Gasteiger partial charge in [-0.2, -0.15) is 0 Å². The summed E-state index contributed by atoms with van der Waals surface area (Å²) in [6, 6.07) is 11.1.